The van der Waals surface area contributed by atoms with Crippen molar-refractivity contribution in [2.75, 3.05) is 0 Å². The lowest BCUT2D eigenvalue weighted by Gasteiger charge is -2.16. The third-order valence-corrected chi connectivity index (χ3v) is 3.65. The van der Waals surface area contributed by atoms with Gasteiger partial charge < -0.3 is 4.42 Å². The van der Waals surface area contributed by atoms with E-state index in [1.54, 1.807) is 29.8 Å². The molecule has 23 heavy (non-hydrogen) atoms. The van der Waals surface area contributed by atoms with Crippen molar-refractivity contribution in [3.8, 4) is 0 Å². The SMILES string of the molecule is Cc1nn(C(C)(C)C)c(=O)n1CCn1c(=O)oc2cccnc21. The van der Waals surface area contributed by atoms with Crippen LogP contribution in [0.4, 0.5) is 0 Å². The Kier molecular flexibility index (Phi) is 3.46. The monoisotopic (exact) mass is 317 g/mol. The van der Waals surface area contributed by atoms with Gasteiger partial charge in [0.15, 0.2) is 11.2 Å². The summed E-state index contributed by atoms with van der Waals surface area (Å²) in [5, 5.41) is 4.31. The number of hydrogen-bond acceptors (Lipinski definition) is 5. The number of pyridine rings is 1. The second kappa shape index (κ2) is 5.22. The Hall–Kier alpha value is -2.64. The fourth-order valence-electron chi connectivity index (χ4n) is 2.49. The van der Waals surface area contributed by atoms with Gasteiger partial charge >= 0.3 is 11.4 Å². The van der Waals surface area contributed by atoms with Crippen molar-refractivity contribution in [2.24, 2.45) is 0 Å². The van der Waals surface area contributed by atoms with E-state index in [0.29, 0.717) is 30.1 Å². The fraction of sp³-hybridized carbons (Fsp3) is 0.467. The quantitative estimate of drug-likeness (QED) is 0.722. The zero-order chi connectivity index (χ0) is 16.8. The van der Waals surface area contributed by atoms with Gasteiger partial charge in [-0.25, -0.2) is 19.3 Å². The summed E-state index contributed by atoms with van der Waals surface area (Å²) in [6.07, 6.45) is 1.60. The third kappa shape index (κ3) is 2.60. The van der Waals surface area contributed by atoms with Crippen LogP contribution in [0.3, 0.4) is 0 Å². The van der Waals surface area contributed by atoms with Crippen LogP contribution in [0.5, 0.6) is 0 Å². The summed E-state index contributed by atoms with van der Waals surface area (Å²) in [6, 6.07) is 3.40. The molecule has 3 aromatic heterocycles. The minimum absolute atomic E-state index is 0.191. The summed E-state index contributed by atoms with van der Waals surface area (Å²) in [5.74, 6) is 0.131. The second-order valence-electron chi connectivity index (χ2n) is 6.41. The van der Waals surface area contributed by atoms with E-state index in [2.05, 4.69) is 10.1 Å². The lowest BCUT2D eigenvalue weighted by molar-refractivity contribution is 0.338. The highest BCUT2D eigenvalue weighted by molar-refractivity contribution is 5.67. The zero-order valence-electron chi connectivity index (χ0n) is 13.6. The molecule has 0 saturated heterocycles. The molecule has 0 saturated carbocycles. The minimum Gasteiger partial charge on any atom is -0.406 e. The molecular formula is C15H19N5O3. The van der Waals surface area contributed by atoms with Crippen molar-refractivity contribution in [3.05, 3.63) is 45.2 Å². The van der Waals surface area contributed by atoms with E-state index in [4.69, 9.17) is 4.42 Å². The number of nitrogens with zero attached hydrogens (tertiary/aromatic N) is 5. The van der Waals surface area contributed by atoms with E-state index in [-0.39, 0.29) is 5.69 Å². The van der Waals surface area contributed by atoms with Crippen LogP contribution in [0.2, 0.25) is 0 Å². The van der Waals surface area contributed by atoms with Gasteiger partial charge in [0.2, 0.25) is 0 Å². The Morgan fingerprint density at radius 2 is 1.87 bits per heavy atom. The minimum atomic E-state index is -0.479. The molecule has 122 valence electrons. The number of rotatable bonds is 3. The van der Waals surface area contributed by atoms with Gasteiger partial charge in [0.1, 0.15) is 5.82 Å². The van der Waals surface area contributed by atoms with Gasteiger partial charge in [-0.1, -0.05) is 0 Å². The summed E-state index contributed by atoms with van der Waals surface area (Å²) in [6.45, 7) is 8.15. The molecule has 8 heteroatoms. The molecule has 0 bridgehead atoms. The summed E-state index contributed by atoms with van der Waals surface area (Å²) < 4.78 is 9.58. The average Bonchev–Trinajstić information content (AvgIpc) is 2.94. The molecule has 0 aliphatic rings. The molecule has 0 aliphatic heterocycles. The average molecular weight is 317 g/mol. The van der Waals surface area contributed by atoms with Crippen LogP contribution in [0, 0.1) is 6.92 Å². The Labute approximate surface area is 132 Å². The smallest absolute Gasteiger partial charge is 0.406 e. The number of oxazole rings is 1. The van der Waals surface area contributed by atoms with Gasteiger partial charge in [-0.2, -0.15) is 5.10 Å². The van der Waals surface area contributed by atoms with E-state index in [0.717, 1.165) is 0 Å². The molecule has 3 rings (SSSR count). The van der Waals surface area contributed by atoms with Gasteiger partial charge in [0, 0.05) is 19.3 Å². The molecule has 0 amide bonds. The van der Waals surface area contributed by atoms with Gasteiger partial charge in [-0.3, -0.25) is 9.13 Å². The Bertz CT molecular complexity index is 968. The first-order valence-electron chi connectivity index (χ1n) is 7.40. The largest absolute Gasteiger partial charge is 0.421 e. The van der Waals surface area contributed by atoms with Crippen LogP contribution in [-0.2, 0) is 18.6 Å². The maximum Gasteiger partial charge on any atom is 0.421 e. The first-order valence-corrected chi connectivity index (χ1v) is 7.40. The van der Waals surface area contributed by atoms with E-state index >= 15 is 0 Å². The summed E-state index contributed by atoms with van der Waals surface area (Å²) in [4.78, 5) is 28.6. The maximum atomic E-state index is 12.5. The topological polar surface area (TPSA) is 87.9 Å². The predicted octanol–water partition coefficient (Wildman–Crippen LogP) is 1.11. The molecule has 0 fully saturated rings. The first kappa shape index (κ1) is 15.3. The van der Waals surface area contributed by atoms with E-state index < -0.39 is 11.3 Å². The lowest BCUT2D eigenvalue weighted by Crippen LogP contribution is -2.36. The molecule has 8 nitrogen and oxygen atoms in total. The van der Waals surface area contributed by atoms with Crippen LogP contribution < -0.4 is 11.4 Å². The van der Waals surface area contributed by atoms with Gasteiger partial charge in [-0.15, -0.1) is 0 Å². The molecule has 0 aromatic carbocycles. The maximum absolute atomic E-state index is 12.5. The molecule has 0 N–H and O–H groups in total. The number of aromatic nitrogens is 5. The van der Waals surface area contributed by atoms with Crippen LogP contribution in [-0.4, -0.2) is 23.9 Å². The summed E-state index contributed by atoms with van der Waals surface area (Å²) in [5.41, 5.74) is 0.329. The predicted molar refractivity (Wildman–Crippen MR) is 84.5 cm³/mol. The van der Waals surface area contributed by atoms with Gasteiger partial charge in [-0.05, 0) is 39.8 Å². The second-order valence-corrected chi connectivity index (χ2v) is 6.41. The first-order chi connectivity index (χ1) is 10.8. The van der Waals surface area contributed by atoms with Crippen molar-refractivity contribution < 1.29 is 4.42 Å². The van der Waals surface area contributed by atoms with Crippen LogP contribution in [0.15, 0.2) is 32.3 Å². The molecule has 0 atom stereocenters. The molecular weight excluding hydrogens is 298 g/mol. The summed E-state index contributed by atoms with van der Waals surface area (Å²) >= 11 is 0. The number of aryl methyl sites for hydroxylation is 2. The molecule has 3 aromatic rings. The fourth-order valence-corrected chi connectivity index (χ4v) is 2.49. The Morgan fingerprint density at radius 3 is 2.52 bits per heavy atom. The number of fused-ring (bicyclic) bond motifs is 1. The Morgan fingerprint density at radius 1 is 1.17 bits per heavy atom. The van der Waals surface area contributed by atoms with Gasteiger partial charge in [0.25, 0.3) is 0 Å². The van der Waals surface area contributed by atoms with Crippen molar-refractivity contribution in [1.82, 2.24) is 23.9 Å². The molecule has 0 radical (unpaired) electrons. The zero-order valence-corrected chi connectivity index (χ0v) is 13.6. The Balaban J connectivity index is 1.95. The highest BCUT2D eigenvalue weighted by atomic mass is 16.4. The van der Waals surface area contributed by atoms with Crippen molar-refractivity contribution >= 4 is 11.2 Å². The van der Waals surface area contributed by atoms with E-state index in [1.165, 1.54) is 9.25 Å². The van der Waals surface area contributed by atoms with E-state index in [1.807, 2.05) is 20.8 Å². The number of hydrogen-bond donors (Lipinski definition) is 0. The van der Waals surface area contributed by atoms with E-state index in [9.17, 15) is 9.59 Å². The highest BCUT2D eigenvalue weighted by Gasteiger charge is 2.21. The van der Waals surface area contributed by atoms with Crippen molar-refractivity contribution in [1.29, 1.82) is 0 Å². The normalized spacial score (nSPS) is 12.2. The molecule has 0 aliphatic carbocycles. The molecule has 3 heterocycles. The standard InChI is InChI=1S/C15H19N5O3/c1-10-17-20(15(2,3)4)13(21)18(10)8-9-19-12-11(23-14(19)22)6-5-7-16-12/h5-7H,8-9H2,1-4H3. The third-order valence-electron chi connectivity index (χ3n) is 3.65. The summed E-state index contributed by atoms with van der Waals surface area (Å²) in [7, 11) is 0. The van der Waals surface area contributed by atoms with Crippen LogP contribution >= 0.6 is 0 Å². The van der Waals surface area contributed by atoms with Crippen LogP contribution in [0.1, 0.15) is 26.6 Å². The highest BCUT2D eigenvalue weighted by Crippen LogP contribution is 2.11. The van der Waals surface area contributed by atoms with Crippen molar-refractivity contribution in [3.63, 3.8) is 0 Å². The van der Waals surface area contributed by atoms with Crippen LogP contribution in [0.25, 0.3) is 11.2 Å². The molecule has 0 unspecified atom stereocenters. The lowest BCUT2D eigenvalue weighted by atomic mass is 10.1. The van der Waals surface area contributed by atoms with Crippen molar-refractivity contribution in [2.45, 2.75) is 46.3 Å². The van der Waals surface area contributed by atoms with Gasteiger partial charge in [0.05, 0.1) is 5.54 Å². The molecule has 0 spiro atoms.